The summed E-state index contributed by atoms with van der Waals surface area (Å²) in [4.78, 5) is 11.3. The molecular formula is C10H16N2O2S. The van der Waals surface area contributed by atoms with Crippen LogP contribution in [0, 0.1) is 0 Å². The third-order valence-corrected chi connectivity index (χ3v) is 3.07. The zero-order valence-electron chi connectivity index (χ0n) is 9.16. The van der Waals surface area contributed by atoms with Crippen LogP contribution in [0.1, 0.15) is 36.9 Å². The molecule has 0 aromatic carbocycles. The van der Waals surface area contributed by atoms with Gasteiger partial charge < -0.3 is 4.42 Å². The second-order valence-electron chi connectivity index (χ2n) is 4.15. The van der Waals surface area contributed by atoms with Crippen LogP contribution >= 0.6 is 11.8 Å². The van der Waals surface area contributed by atoms with Gasteiger partial charge in [0.05, 0.1) is 6.26 Å². The molecule has 1 rings (SSSR count). The first-order valence-corrected chi connectivity index (χ1v) is 5.64. The van der Waals surface area contributed by atoms with Gasteiger partial charge in [-0.3, -0.25) is 10.2 Å². The number of carbonyl (C=O) groups is 1. The number of hydrogen-bond acceptors (Lipinski definition) is 4. The molecule has 0 aliphatic heterocycles. The minimum atomic E-state index is -0.385. The van der Waals surface area contributed by atoms with E-state index in [1.807, 2.05) is 0 Å². The van der Waals surface area contributed by atoms with Gasteiger partial charge in [0.2, 0.25) is 0 Å². The Morgan fingerprint density at radius 3 is 2.80 bits per heavy atom. The van der Waals surface area contributed by atoms with Gasteiger partial charge in [-0.05, 0) is 6.07 Å². The molecule has 0 saturated carbocycles. The number of thioether (sulfide) groups is 1. The standard InChI is InChI=1S/C10H16N2O2S/c1-10(2,3)15-6-7-4-5-14-8(7)9(13)12-11/h4-5H,6,11H2,1-3H3,(H,12,13). The maximum atomic E-state index is 11.3. The summed E-state index contributed by atoms with van der Waals surface area (Å²) >= 11 is 1.75. The first-order valence-electron chi connectivity index (χ1n) is 4.65. The van der Waals surface area contributed by atoms with E-state index in [9.17, 15) is 4.79 Å². The molecule has 0 saturated heterocycles. The Balaban J connectivity index is 2.70. The maximum absolute atomic E-state index is 11.3. The lowest BCUT2D eigenvalue weighted by molar-refractivity contribution is 0.0925. The van der Waals surface area contributed by atoms with Gasteiger partial charge in [-0.2, -0.15) is 11.8 Å². The molecule has 4 nitrogen and oxygen atoms in total. The molecule has 1 amide bonds. The Morgan fingerprint density at radius 2 is 2.27 bits per heavy atom. The smallest absolute Gasteiger partial charge is 0.301 e. The average Bonchev–Trinajstić information content (AvgIpc) is 2.60. The van der Waals surface area contributed by atoms with E-state index in [1.54, 1.807) is 17.8 Å². The first kappa shape index (κ1) is 12.1. The minimum absolute atomic E-state index is 0.160. The van der Waals surface area contributed by atoms with Crippen molar-refractivity contribution in [3.8, 4) is 0 Å². The molecule has 5 heteroatoms. The van der Waals surface area contributed by atoms with Crippen molar-refractivity contribution in [3.63, 3.8) is 0 Å². The average molecular weight is 228 g/mol. The molecule has 3 N–H and O–H groups in total. The number of rotatable bonds is 3. The van der Waals surface area contributed by atoms with Gasteiger partial charge in [0.1, 0.15) is 0 Å². The summed E-state index contributed by atoms with van der Waals surface area (Å²) in [5.41, 5.74) is 2.94. The highest BCUT2D eigenvalue weighted by Crippen LogP contribution is 2.28. The molecule has 0 radical (unpaired) electrons. The number of hydrogen-bond donors (Lipinski definition) is 2. The predicted octanol–water partition coefficient (Wildman–Crippen LogP) is 1.91. The van der Waals surface area contributed by atoms with Crippen molar-refractivity contribution in [2.45, 2.75) is 31.3 Å². The van der Waals surface area contributed by atoms with Gasteiger partial charge in [0.15, 0.2) is 5.76 Å². The van der Waals surface area contributed by atoms with Gasteiger partial charge in [-0.1, -0.05) is 20.8 Å². The van der Waals surface area contributed by atoms with Crippen LogP contribution in [0.25, 0.3) is 0 Å². The van der Waals surface area contributed by atoms with E-state index >= 15 is 0 Å². The number of nitrogen functional groups attached to an aromatic ring is 1. The van der Waals surface area contributed by atoms with Crippen LogP contribution in [0.4, 0.5) is 0 Å². The minimum Gasteiger partial charge on any atom is -0.459 e. The third-order valence-electron chi connectivity index (χ3n) is 1.74. The van der Waals surface area contributed by atoms with Gasteiger partial charge in [-0.25, -0.2) is 5.84 Å². The van der Waals surface area contributed by atoms with Crippen LogP contribution in [0.15, 0.2) is 16.7 Å². The van der Waals surface area contributed by atoms with Crippen molar-refractivity contribution >= 4 is 17.7 Å². The molecule has 0 aliphatic carbocycles. The van der Waals surface area contributed by atoms with Crippen molar-refractivity contribution < 1.29 is 9.21 Å². The number of hydrazine groups is 1. The number of furan rings is 1. The summed E-state index contributed by atoms with van der Waals surface area (Å²) in [5.74, 6) is 5.70. The summed E-state index contributed by atoms with van der Waals surface area (Å²) in [6, 6.07) is 1.79. The molecule has 1 aromatic heterocycles. The Bertz CT molecular complexity index is 341. The fraction of sp³-hybridized carbons (Fsp3) is 0.500. The van der Waals surface area contributed by atoms with Gasteiger partial charge >= 0.3 is 5.91 Å². The zero-order valence-corrected chi connectivity index (χ0v) is 9.98. The van der Waals surface area contributed by atoms with E-state index in [0.29, 0.717) is 5.76 Å². The number of nitrogens with two attached hydrogens (primary N) is 1. The summed E-state index contributed by atoms with van der Waals surface area (Å²) in [5, 5.41) is 0. The maximum Gasteiger partial charge on any atom is 0.301 e. The molecule has 1 heterocycles. The number of amides is 1. The van der Waals surface area contributed by atoms with E-state index in [1.165, 1.54) is 6.26 Å². The van der Waals surface area contributed by atoms with Crippen LogP contribution in [-0.2, 0) is 5.75 Å². The van der Waals surface area contributed by atoms with E-state index < -0.39 is 0 Å². The summed E-state index contributed by atoms with van der Waals surface area (Å²) in [7, 11) is 0. The monoisotopic (exact) mass is 228 g/mol. The van der Waals surface area contributed by atoms with Crippen LogP contribution in [0.3, 0.4) is 0 Å². The van der Waals surface area contributed by atoms with Gasteiger partial charge in [-0.15, -0.1) is 0 Å². The second-order valence-corrected chi connectivity index (χ2v) is 5.95. The highest BCUT2D eigenvalue weighted by Gasteiger charge is 2.17. The van der Waals surface area contributed by atoms with Crippen molar-refractivity contribution in [1.29, 1.82) is 0 Å². The first-order chi connectivity index (χ1) is 6.94. The summed E-state index contributed by atoms with van der Waals surface area (Å²) in [6.07, 6.45) is 1.50. The Labute approximate surface area is 93.6 Å². The van der Waals surface area contributed by atoms with Crippen molar-refractivity contribution in [2.75, 3.05) is 0 Å². The van der Waals surface area contributed by atoms with E-state index in [2.05, 4.69) is 26.2 Å². The van der Waals surface area contributed by atoms with Crippen LogP contribution < -0.4 is 11.3 Å². The Hall–Kier alpha value is -0.940. The van der Waals surface area contributed by atoms with E-state index in [0.717, 1.165) is 11.3 Å². The summed E-state index contributed by atoms with van der Waals surface area (Å²) < 4.78 is 5.24. The summed E-state index contributed by atoms with van der Waals surface area (Å²) in [6.45, 7) is 6.38. The lowest BCUT2D eigenvalue weighted by atomic mass is 10.2. The van der Waals surface area contributed by atoms with Crippen LogP contribution in [0.2, 0.25) is 0 Å². The van der Waals surface area contributed by atoms with Crippen molar-refractivity contribution in [3.05, 3.63) is 23.7 Å². The molecule has 84 valence electrons. The Morgan fingerprint density at radius 1 is 1.60 bits per heavy atom. The van der Waals surface area contributed by atoms with Crippen molar-refractivity contribution in [1.82, 2.24) is 5.43 Å². The highest BCUT2D eigenvalue weighted by molar-refractivity contribution is 7.99. The lowest BCUT2D eigenvalue weighted by Crippen LogP contribution is -2.30. The van der Waals surface area contributed by atoms with Crippen LogP contribution in [-0.4, -0.2) is 10.7 Å². The number of nitrogens with one attached hydrogen (secondary N) is 1. The third kappa shape index (κ3) is 3.60. The molecule has 15 heavy (non-hydrogen) atoms. The normalized spacial score (nSPS) is 11.5. The highest BCUT2D eigenvalue weighted by atomic mass is 32.2. The topological polar surface area (TPSA) is 68.3 Å². The molecule has 0 fully saturated rings. The molecular weight excluding hydrogens is 212 g/mol. The quantitative estimate of drug-likeness (QED) is 0.471. The molecule has 0 bridgehead atoms. The molecule has 0 unspecified atom stereocenters. The molecule has 0 aliphatic rings. The number of carbonyl (C=O) groups excluding carboxylic acids is 1. The molecule has 0 spiro atoms. The second kappa shape index (κ2) is 4.72. The fourth-order valence-electron chi connectivity index (χ4n) is 1.01. The predicted molar refractivity (Wildman–Crippen MR) is 61.4 cm³/mol. The lowest BCUT2D eigenvalue weighted by Gasteiger charge is -2.16. The van der Waals surface area contributed by atoms with E-state index in [-0.39, 0.29) is 10.7 Å². The van der Waals surface area contributed by atoms with Crippen molar-refractivity contribution in [2.24, 2.45) is 5.84 Å². The van der Waals surface area contributed by atoms with Gasteiger partial charge in [0, 0.05) is 16.1 Å². The molecule has 0 atom stereocenters. The Kier molecular flexibility index (Phi) is 3.82. The van der Waals surface area contributed by atoms with Gasteiger partial charge in [0.25, 0.3) is 0 Å². The molecule has 1 aromatic rings. The largest absolute Gasteiger partial charge is 0.459 e. The van der Waals surface area contributed by atoms with E-state index in [4.69, 9.17) is 10.3 Å². The fourth-order valence-corrected chi connectivity index (χ4v) is 1.82. The zero-order chi connectivity index (χ0) is 11.5. The SMILES string of the molecule is CC(C)(C)SCc1ccoc1C(=O)NN. The van der Waals surface area contributed by atoms with Crippen LogP contribution in [0.5, 0.6) is 0 Å².